The van der Waals surface area contributed by atoms with Crippen LogP contribution in [0.15, 0.2) is 36.4 Å². The molecule has 3 heteroatoms. The van der Waals surface area contributed by atoms with Crippen LogP contribution < -0.4 is 10.5 Å². The van der Waals surface area contributed by atoms with Crippen LogP contribution in [0.3, 0.4) is 0 Å². The van der Waals surface area contributed by atoms with Gasteiger partial charge in [0.15, 0.2) is 0 Å². The molecule has 0 saturated heterocycles. The largest absolute Gasteiger partial charge is 0.497 e. The number of benzene rings is 2. The van der Waals surface area contributed by atoms with Crippen molar-refractivity contribution in [2.75, 3.05) is 7.11 Å². The third-order valence-corrected chi connectivity index (χ3v) is 3.96. The van der Waals surface area contributed by atoms with E-state index in [1.54, 1.807) is 13.2 Å². The van der Waals surface area contributed by atoms with Gasteiger partial charge in [0.25, 0.3) is 0 Å². The van der Waals surface area contributed by atoms with Crippen LogP contribution in [0.5, 0.6) is 5.75 Å². The number of halogens is 1. The predicted molar refractivity (Wildman–Crippen MR) is 84.6 cm³/mol. The fraction of sp³-hybridized carbons (Fsp3) is 0.294. The molecule has 0 aliphatic heterocycles. The Morgan fingerprint density at radius 1 is 1.10 bits per heavy atom. The minimum Gasteiger partial charge on any atom is -0.497 e. The Bertz CT molecular complexity index is 610. The fourth-order valence-corrected chi connectivity index (χ4v) is 2.54. The van der Waals surface area contributed by atoms with Crippen molar-refractivity contribution in [1.82, 2.24) is 0 Å². The predicted octanol–water partition coefficient (Wildman–Crippen LogP) is 4.21. The maximum absolute atomic E-state index is 6.28. The van der Waals surface area contributed by atoms with E-state index in [0.29, 0.717) is 5.02 Å². The zero-order valence-corrected chi connectivity index (χ0v) is 12.9. The lowest BCUT2D eigenvalue weighted by molar-refractivity contribution is 0.414. The van der Waals surface area contributed by atoms with Crippen LogP contribution in [0, 0.1) is 13.8 Å². The summed E-state index contributed by atoms with van der Waals surface area (Å²) in [5.74, 6) is 0.747. The van der Waals surface area contributed by atoms with Gasteiger partial charge in [-0.3, -0.25) is 0 Å². The van der Waals surface area contributed by atoms with E-state index < -0.39 is 0 Å². The molecular weight excluding hydrogens is 270 g/mol. The number of aryl methyl sites for hydroxylation is 2. The fourth-order valence-electron chi connectivity index (χ4n) is 2.23. The highest BCUT2D eigenvalue weighted by atomic mass is 35.5. The maximum atomic E-state index is 6.28. The Hall–Kier alpha value is -1.51. The second-order valence-electron chi connectivity index (χ2n) is 5.12. The summed E-state index contributed by atoms with van der Waals surface area (Å²) in [5.41, 5.74) is 11.0. The zero-order valence-electron chi connectivity index (χ0n) is 12.1. The molecule has 0 bridgehead atoms. The van der Waals surface area contributed by atoms with E-state index in [9.17, 15) is 0 Å². The van der Waals surface area contributed by atoms with Crippen molar-refractivity contribution in [2.24, 2.45) is 5.73 Å². The van der Waals surface area contributed by atoms with Gasteiger partial charge < -0.3 is 10.5 Å². The number of methoxy groups -OCH3 is 1. The Kier molecular flexibility index (Phi) is 4.69. The number of nitrogens with two attached hydrogens (primary N) is 1. The molecule has 0 aliphatic rings. The molecular formula is C17H20ClNO. The molecule has 1 unspecified atom stereocenters. The van der Waals surface area contributed by atoms with Crippen LogP contribution >= 0.6 is 11.6 Å². The van der Waals surface area contributed by atoms with Gasteiger partial charge in [-0.15, -0.1) is 0 Å². The lowest BCUT2D eigenvalue weighted by Gasteiger charge is -2.15. The van der Waals surface area contributed by atoms with Crippen LogP contribution in [-0.4, -0.2) is 7.11 Å². The second kappa shape index (κ2) is 6.29. The Balaban J connectivity index is 2.19. The summed E-state index contributed by atoms with van der Waals surface area (Å²) < 4.78 is 5.15. The molecule has 0 spiro atoms. The molecule has 0 heterocycles. The van der Waals surface area contributed by atoms with E-state index in [4.69, 9.17) is 22.1 Å². The van der Waals surface area contributed by atoms with Gasteiger partial charge in [0.1, 0.15) is 5.75 Å². The van der Waals surface area contributed by atoms with Gasteiger partial charge in [0.05, 0.1) is 7.11 Å². The van der Waals surface area contributed by atoms with Crippen LogP contribution in [0.1, 0.15) is 28.3 Å². The number of hydrogen-bond donors (Lipinski definition) is 1. The smallest absolute Gasteiger partial charge is 0.120 e. The van der Waals surface area contributed by atoms with Gasteiger partial charge in [0.2, 0.25) is 0 Å². The van der Waals surface area contributed by atoms with E-state index in [2.05, 4.69) is 32.0 Å². The third kappa shape index (κ3) is 3.33. The summed E-state index contributed by atoms with van der Waals surface area (Å²) in [4.78, 5) is 0. The molecule has 1 atom stereocenters. The van der Waals surface area contributed by atoms with Crippen LogP contribution in [0.4, 0.5) is 0 Å². The van der Waals surface area contributed by atoms with Crippen molar-refractivity contribution >= 4 is 11.6 Å². The summed E-state index contributed by atoms with van der Waals surface area (Å²) in [6.45, 7) is 4.23. The Morgan fingerprint density at radius 3 is 2.45 bits per heavy atom. The van der Waals surface area contributed by atoms with Crippen molar-refractivity contribution in [3.8, 4) is 5.75 Å². The molecule has 2 N–H and O–H groups in total. The molecule has 0 aliphatic carbocycles. The highest BCUT2D eigenvalue weighted by Gasteiger charge is 2.12. The third-order valence-electron chi connectivity index (χ3n) is 3.63. The van der Waals surface area contributed by atoms with E-state index in [1.807, 2.05) is 12.1 Å². The van der Waals surface area contributed by atoms with Gasteiger partial charge in [-0.25, -0.2) is 0 Å². The average Bonchev–Trinajstić information content (AvgIpc) is 2.42. The van der Waals surface area contributed by atoms with Gasteiger partial charge >= 0.3 is 0 Å². The SMILES string of the molecule is COc1ccc(C(N)Cc2ccc(C)c(C)c2)c(Cl)c1. The molecule has 20 heavy (non-hydrogen) atoms. The molecule has 2 aromatic carbocycles. The van der Waals surface area contributed by atoms with Gasteiger partial charge in [-0.1, -0.05) is 35.9 Å². The maximum Gasteiger partial charge on any atom is 0.120 e. The molecule has 2 nitrogen and oxygen atoms in total. The van der Waals surface area contributed by atoms with E-state index in [-0.39, 0.29) is 6.04 Å². The van der Waals surface area contributed by atoms with Crippen molar-refractivity contribution in [1.29, 1.82) is 0 Å². The first-order valence-electron chi connectivity index (χ1n) is 6.66. The van der Waals surface area contributed by atoms with Gasteiger partial charge in [0, 0.05) is 11.1 Å². The highest BCUT2D eigenvalue weighted by Crippen LogP contribution is 2.28. The molecule has 2 rings (SSSR count). The summed E-state index contributed by atoms with van der Waals surface area (Å²) in [7, 11) is 1.63. The Labute approximate surface area is 125 Å². The summed E-state index contributed by atoms with van der Waals surface area (Å²) >= 11 is 6.27. The number of rotatable bonds is 4. The minimum atomic E-state index is -0.115. The van der Waals surface area contributed by atoms with Crippen molar-refractivity contribution in [2.45, 2.75) is 26.3 Å². The zero-order chi connectivity index (χ0) is 14.7. The average molecular weight is 290 g/mol. The summed E-state index contributed by atoms with van der Waals surface area (Å²) in [5, 5.41) is 0.653. The molecule has 2 aromatic rings. The van der Waals surface area contributed by atoms with E-state index >= 15 is 0 Å². The van der Waals surface area contributed by atoms with Crippen molar-refractivity contribution in [3.05, 3.63) is 63.7 Å². The first kappa shape index (κ1) is 14.9. The quantitative estimate of drug-likeness (QED) is 0.915. The highest BCUT2D eigenvalue weighted by molar-refractivity contribution is 6.31. The molecule has 0 fully saturated rings. The molecule has 0 aromatic heterocycles. The number of hydrogen-bond acceptors (Lipinski definition) is 2. The van der Waals surface area contributed by atoms with E-state index in [1.165, 1.54) is 16.7 Å². The lowest BCUT2D eigenvalue weighted by Crippen LogP contribution is -2.14. The Morgan fingerprint density at radius 2 is 1.85 bits per heavy atom. The normalized spacial score (nSPS) is 12.2. The van der Waals surface area contributed by atoms with Gasteiger partial charge in [-0.2, -0.15) is 0 Å². The van der Waals surface area contributed by atoms with Crippen molar-refractivity contribution in [3.63, 3.8) is 0 Å². The summed E-state index contributed by atoms with van der Waals surface area (Å²) in [6.07, 6.45) is 0.771. The van der Waals surface area contributed by atoms with E-state index in [0.717, 1.165) is 17.7 Å². The summed E-state index contributed by atoms with van der Waals surface area (Å²) in [6, 6.07) is 12.0. The van der Waals surface area contributed by atoms with Crippen molar-refractivity contribution < 1.29 is 4.74 Å². The lowest BCUT2D eigenvalue weighted by atomic mass is 9.97. The minimum absolute atomic E-state index is 0.115. The molecule has 0 saturated carbocycles. The first-order chi connectivity index (χ1) is 9.51. The molecule has 0 radical (unpaired) electrons. The molecule has 106 valence electrons. The standard InChI is InChI=1S/C17H20ClNO/c1-11-4-5-13(8-12(11)2)9-17(19)15-7-6-14(20-3)10-16(15)18/h4-8,10,17H,9,19H2,1-3H3. The van der Waals surface area contributed by atoms with Crippen LogP contribution in [-0.2, 0) is 6.42 Å². The van der Waals surface area contributed by atoms with Crippen LogP contribution in [0.2, 0.25) is 5.02 Å². The number of ether oxygens (including phenoxy) is 1. The first-order valence-corrected chi connectivity index (χ1v) is 7.04. The monoisotopic (exact) mass is 289 g/mol. The topological polar surface area (TPSA) is 35.2 Å². The second-order valence-corrected chi connectivity index (χ2v) is 5.52. The molecule has 0 amide bonds. The van der Waals surface area contributed by atoms with Gasteiger partial charge in [-0.05, 0) is 54.7 Å². The van der Waals surface area contributed by atoms with Crippen LogP contribution in [0.25, 0.3) is 0 Å².